The molecular weight excluding hydrogens is 298 g/mol. The number of benzene rings is 1. The summed E-state index contributed by atoms with van der Waals surface area (Å²) in [4.78, 5) is 9.85. The lowest BCUT2D eigenvalue weighted by atomic mass is 10.3. The molecule has 0 unspecified atom stereocenters. The smallest absolute Gasteiger partial charge is 0.271 e. The molecule has 9 heteroatoms. The van der Waals surface area contributed by atoms with Gasteiger partial charge in [-0.1, -0.05) is 13.8 Å². The highest BCUT2D eigenvalue weighted by molar-refractivity contribution is 7.89. The van der Waals surface area contributed by atoms with E-state index in [1.165, 1.54) is 19.2 Å². The highest BCUT2D eigenvalue weighted by Crippen LogP contribution is 2.27. The Kier molecular flexibility index (Phi) is 6.06. The number of ether oxygens (including phenoxy) is 1. The molecule has 0 amide bonds. The summed E-state index contributed by atoms with van der Waals surface area (Å²) in [5, 5.41) is 13.8. The van der Waals surface area contributed by atoms with Gasteiger partial charge in [0.1, 0.15) is 10.6 Å². The summed E-state index contributed by atoms with van der Waals surface area (Å²) < 4.78 is 31.7. The number of nitro benzene ring substituents is 1. The van der Waals surface area contributed by atoms with Gasteiger partial charge >= 0.3 is 0 Å². The molecular formula is C12H19N3O5S. The molecule has 0 aromatic heterocycles. The Hall–Kier alpha value is -1.71. The van der Waals surface area contributed by atoms with Gasteiger partial charge in [-0.3, -0.25) is 10.1 Å². The predicted molar refractivity (Wildman–Crippen MR) is 78.0 cm³/mol. The molecule has 118 valence electrons. The molecule has 0 fully saturated rings. The number of hydrogen-bond donors (Lipinski definition) is 2. The van der Waals surface area contributed by atoms with E-state index in [-0.39, 0.29) is 28.9 Å². The largest absolute Gasteiger partial charge is 0.495 e. The molecule has 2 N–H and O–H groups in total. The van der Waals surface area contributed by atoms with Gasteiger partial charge in [-0.15, -0.1) is 0 Å². The second kappa shape index (κ2) is 7.34. The summed E-state index contributed by atoms with van der Waals surface area (Å²) in [5.41, 5.74) is -0.309. The summed E-state index contributed by atoms with van der Waals surface area (Å²) >= 11 is 0. The topological polar surface area (TPSA) is 111 Å². The number of non-ortho nitro benzene ring substituents is 1. The molecule has 0 saturated heterocycles. The minimum atomic E-state index is -3.88. The van der Waals surface area contributed by atoms with Crippen molar-refractivity contribution in [2.24, 2.45) is 0 Å². The Morgan fingerprint density at radius 1 is 1.33 bits per heavy atom. The molecule has 0 aliphatic heterocycles. The fourth-order valence-electron chi connectivity index (χ4n) is 1.61. The van der Waals surface area contributed by atoms with E-state index in [2.05, 4.69) is 10.0 Å². The van der Waals surface area contributed by atoms with E-state index in [0.29, 0.717) is 6.54 Å². The van der Waals surface area contributed by atoms with Gasteiger partial charge in [0, 0.05) is 31.3 Å². The van der Waals surface area contributed by atoms with Crippen LogP contribution in [0.5, 0.6) is 5.75 Å². The average Bonchev–Trinajstić information content (AvgIpc) is 2.42. The van der Waals surface area contributed by atoms with Crippen molar-refractivity contribution in [3.05, 3.63) is 28.3 Å². The molecule has 0 heterocycles. The fourth-order valence-corrected chi connectivity index (χ4v) is 2.83. The lowest BCUT2D eigenvalue weighted by molar-refractivity contribution is -0.385. The van der Waals surface area contributed by atoms with Gasteiger partial charge in [0.25, 0.3) is 5.69 Å². The summed E-state index contributed by atoms with van der Waals surface area (Å²) in [5.74, 6) is 0.0601. The van der Waals surface area contributed by atoms with Crippen LogP contribution in [0.25, 0.3) is 0 Å². The first-order valence-corrected chi connectivity index (χ1v) is 7.81. The molecule has 1 rings (SSSR count). The third-order valence-corrected chi connectivity index (χ3v) is 4.10. The summed E-state index contributed by atoms with van der Waals surface area (Å²) in [6.07, 6.45) is 0. The monoisotopic (exact) mass is 317 g/mol. The highest BCUT2D eigenvalue weighted by Gasteiger charge is 2.22. The number of nitrogens with zero attached hydrogens (tertiary/aromatic N) is 1. The maximum absolute atomic E-state index is 12.2. The van der Waals surface area contributed by atoms with Crippen molar-refractivity contribution < 1.29 is 18.1 Å². The normalized spacial score (nSPS) is 11.6. The van der Waals surface area contributed by atoms with Crippen LogP contribution in [-0.2, 0) is 10.0 Å². The Bertz CT molecular complexity index is 601. The maximum atomic E-state index is 12.2. The number of sulfonamides is 1. The SMILES string of the molecule is COc1ccc([N+](=O)[O-])cc1S(=O)(=O)NCCNC(C)C. The molecule has 0 aliphatic rings. The summed E-state index contributed by atoms with van der Waals surface area (Å²) in [7, 11) is -2.57. The van der Waals surface area contributed by atoms with Crippen LogP contribution in [0.1, 0.15) is 13.8 Å². The first kappa shape index (κ1) is 17.3. The quantitative estimate of drug-likeness (QED) is 0.418. The third-order valence-electron chi connectivity index (χ3n) is 2.62. The predicted octanol–water partition coefficient (Wildman–Crippen LogP) is 0.880. The van der Waals surface area contributed by atoms with E-state index >= 15 is 0 Å². The van der Waals surface area contributed by atoms with Gasteiger partial charge < -0.3 is 10.1 Å². The molecule has 1 aromatic carbocycles. The van der Waals surface area contributed by atoms with Crippen molar-refractivity contribution in [2.45, 2.75) is 24.8 Å². The number of hydrogen-bond acceptors (Lipinski definition) is 6. The molecule has 8 nitrogen and oxygen atoms in total. The lowest BCUT2D eigenvalue weighted by Gasteiger charge is -2.12. The lowest BCUT2D eigenvalue weighted by Crippen LogP contribution is -2.34. The minimum Gasteiger partial charge on any atom is -0.495 e. The molecule has 0 saturated carbocycles. The Morgan fingerprint density at radius 3 is 2.52 bits per heavy atom. The second-order valence-electron chi connectivity index (χ2n) is 4.60. The van der Waals surface area contributed by atoms with Gasteiger partial charge in [-0.05, 0) is 6.07 Å². The van der Waals surface area contributed by atoms with Crippen LogP contribution >= 0.6 is 0 Å². The number of methoxy groups -OCH3 is 1. The van der Waals surface area contributed by atoms with Crippen LogP contribution in [0, 0.1) is 10.1 Å². The maximum Gasteiger partial charge on any atom is 0.271 e. The number of nitrogens with one attached hydrogen (secondary N) is 2. The van der Waals surface area contributed by atoms with E-state index in [1.807, 2.05) is 13.8 Å². The van der Waals surface area contributed by atoms with Crippen molar-refractivity contribution in [3.8, 4) is 5.75 Å². The zero-order valence-electron chi connectivity index (χ0n) is 12.1. The highest BCUT2D eigenvalue weighted by atomic mass is 32.2. The Morgan fingerprint density at radius 2 is 2.00 bits per heavy atom. The summed E-state index contributed by atoms with van der Waals surface area (Å²) in [6, 6.07) is 3.68. The van der Waals surface area contributed by atoms with Crippen molar-refractivity contribution in [1.29, 1.82) is 0 Å². The standard InChI is InChI=1S/C12H19N3O5S/c1-9(2)13-6-7-14-21(18,19)12-8-10(15(16)17)4-5-11(12)20-3/h4-5,8-9,13-14H,6-7H2,1-3H3. The van der Waals surface area contributed by atoms with Gasteiger partial charge in [0.2, 0.25) is 10.0 Å². The van der Waals surface area contributed by atoms with Crippen molar-refractivity contribution in [1.82, 2.24) is 10.0 Å². The molecule has 21 heavy (non-hydrogen) atoms. The number of rotatable bonds is 8. The van der Waals surface area contributed by atoms with Crippen molar-refractivity contribution in [2.75, 3.05) is 20.2 Å². The van der Waals surface area contributed by atoms with E-state index in [4.69, 9.17) is 4.74 Å². The Labute approximate surface area is 123 Å². The second-order valence-corrected chi connectivity index (χ2v) is 6.33. The van der Waals surface area contributed by atoms with Crippen LogP contribution in [0.15, 0.2) is 23.1 Å². The molecule has 0 atom stereocenters. The number of nitro groups is 1. The average molecular weight is 317 g/mol. The van der Waals surface area contributed by atoms with Crippen LogP contribution < -0.4 is 14.8 Å². The van der Waals surface area contributed by atoms with E-state index < -0.39 is 14.9 Å². The summed E-state index contributed by atoms with van der Waals surface area (Å²) in [6.45, 7) is 4.51. The molecule has 0 spiro atoms. The van der Waals surface area contributed by atoms with Crippen LogP contribution in [0.4, 0.5) is 5.69 Å². The first-order valence-electron chi connectivity index (χ1n) is 6.33. The fraction of sp³-hybridized carbons (Fsp3) is 0.500. The zero-order chi connectivity index (χ0) is 16.0. The molecule has 0 aliphatic carbocycles. The molecule has 0 bridgehead atoms. The van der Waals surface area contributed by atoms with Gasteiger partial charge in [0.15, 0.2) is 0 Å². The molecule has 1 aromatic rings. The third kappa shape index (κ3) is 4.96. The Balaban J connectivity index is 2.95. The van der Waals surface area contributed by atoms with Crippen LogP contribution in [-0.4, -0.2) is 39.6 Å². The van der Waals surface area contributed by atoms with Gasteiger partial charge in [-0.25, -0.2) is 13.1 Å². The zero-order valence-corrected chi connectivity index (χ0v) is 12.9. The van der Waals surface area contributed by atoms with Crippen molar-refractivity contribution in [3.63, 3.8) is 0 Å². The van der Waals surface area contributed by atoms with Crippen LogP contribution in [0.3, 0.4) is 0 Å². The van der Waals surface area contributed by atoms with Gasteiger partial charge in [-0.2, -0.15) is 0 Å². The van der Waals surface area contributed by atoms with E-state index in [0.717, 1.165) is 6.07 Å². The van der Waals surface area contributed by atoms with E-state index in [1.54, 1.807) is 0 Å². The minimum absolute atomic E-state index is 0.0601. The molecule has 0 radical (unpaired) electrons. The van der Waals surface area contributed by atoms with E-state index in [9.17, 15) is 18.5 Å². The first-order chi connectivity index (χ1) is 9.77. The van der Waals surface area contributed by atoms with Crippen LogP contribution in [0.2, 0.25) is 0 Å². The van der Waals surface area contributed by atoms with Crippen molar-refractivity contribution >= 4 is 15.7 Å². The van der Waals surface area contributed by atoms with Gasteiger partial charge in [0.05, 0.1) is 12.0 Å².